The molecule has 2 aromatic heterocycles. The molecule has 0 radical (unpaired) electrons. The number of nitrogens with zero attached hydrogens (tertiary/aromatic N) is 3. The molecular formula is C61H50N3OPt-. The normalized spacial score (nSPS) is 12.6. The molecule has 1 N–H and O–H groups in total. The van der Waals surface area contributed by atoms with Gasteiger partial charge < -0.3 is 5.11 Å². The number of benzene rings is 8. The van der Waals surface area contributed by atoms with E-state index in [1.54, 1.807) is 24.3 Å². The molecule has 10 aromatic rings. The number of fused-ring (bicyclic) bond motifs is 1. The van der Waals surface area contributed by atoms with E-state index in [4.69, 9.17) is 15.5 Å². The van der Waals surface area contributed by atoms with Crippen molar-refractivity contribution in [1.29, 1.82) is 0 Å². The van der Waals surface area contributed by atoms with E-state index in [1.807, 2.05) is 110 Å². The van der Waals surface area contributed by atoms with Crippen LogP contribution in [0.4, 0.5) is 0 Å². The van der Waals surface area contributed by atoms with Crippen LogP contribution in [0.1, 0.15) is 61.7 Å². The van der Waals surface area contributed by atoms with E-state index < -0.39 is 12.7 Å². The second-order valence-corrected chi connectivity index (χ2v) is 17.1. The maximum Gasteiger partial charge on any atom is 0.148 e. The van der Waals surface area contributed by atoms with E-state index in [0.717, 1.165) is 78.0 Å². The SMILES string of the molecule is [2H]C([2H])([2H])c1cc(-c2cc(C(C)C)cc(C([2H])(C)C)c2)ccc1-n1c(-c2ccccc2O)nc2c(-c3[c-]c(-c4cc(-c5ccc(-c6ccccc6)cc5)ccn4)cc(-c4ccccc4)c3)cccc21.[Pt]. The third-order valence-corrected chi connectivity index (χ3v) is 12.2. The molecule has 0 aliphatic heterocycles. The van der Waals surface area contributed by atoms with Crippen LogP contribution in [0.25, 0.3) is 95.0 Å². The first-order chi connectivity index (χ1) is 33.2. The number of aryl methyl sites for hydroxylation is 1. The summed E-state index contributed by atoms with van der Waals surface area (Å²) in [5, 5.41) is 11.4. The van der Waals surface area contributed by atoms with Gasteiger partial charge in [-0.3, -0.25) is 9.55 Å². The minimum absolute atomic E-state index is 0. The molecular weight excluding hydrogens is 986 g/mol. The molecule has 326 valence electrons. The van der Waals surface area contributed by atoms with E-state index >= 15 is 0 Å². The van der Waals surface area contributed by atoms with Crippen molar-refractivity contribution in [3.63, 3.8) is 0 Å². The zero-order valence-electron chi connectivity index (χ0n) is 41.2. The zero-order chi connectivity index (χ0) is 48.0. The monoisotopic (exact) mass is 1040 g/mol. The summed E-state index contributed by atoms with van der Waals surface area (Å²) in [4.78, 5) is 10.2. The summed E-state index contributed by atoms with van der Waals surface area (Å²) in [5.74, 6) is -0.256. The van der Waals surface area contributed by atoms with Crippen LogP contribution in [0.5, 0.6) is 5.75 Å². The van der Waals surface area contributed by atoms with Crippen LogP contribution in [0.2, 0.25) is 0 Å². The molecule has 0 aliphatic rings. The van der Waals surface area contributed by atoms with Crippen molar-refractivity contribution < 1.29 is 31.7 Å². The van der Waals surface area contributed by atoms with Crippen molar-refractivity contribution in [2.45, 2.75) is 46.4 Å². The Morgan fingerprint density at radius 3 is 1.83 bits per heavy atom. The molecule has 10 rings (SSSR count). The van der Waals surface area contributed by atoms with E-state index in [9.17, 15) is 5.11 Å². The molecule has 5 heteroatoms. The van der Waals surface area contributed by atoms with Gasteiger partial charge in [-0.25, -0.2) is 4.98 Å². The number of aromatic nitrogens is 3. The molecule has 0 atom stereocenters. The summed E-state index contributed by atoms with van der Waals surface area (Å²) in [6.07, 6.45) is 1.84. The maximum absolute atomic E-state index is 11.4. The average Bonchev–Trinajstić information content (AvgIpc) is 3.75. The summed E-state index contributed by atoms with van der Waals surface area (Å²) in [6.45, 7) is 5.43. The number of hydrogen-bond donors (Lipinski definition) is 1. The Morgan fingerprint density at radius 1 is 0.545 bits per heavy atom. The number of para-hydroxylation sites is 2. The molecule has 4 nitrogen and oxygen atoms in total. The van der Waals surface area contributed by atoms with Gasteiger partial charge in [-0.05, 0) is 111 Å². The van der Waals surface area contributed by atoms with Crippen LogP contribution < -0.4 is 0 Å². The van der Waals surface area contributed by atoms with Crippen molar-refractivity contribution in [2.24, 2.45) is 0 Å². The molecule has 0 unspecified atom stereocenters. The fourth-order valence-electron chi connectivity index (χ4n) is 8.65. The summed E-state index contributed by atoms with van der Waals surface area (Å²) in [5.41, 5.74) is 15.3. The smallest absolute Gasteiger partial charge is 0.148 e. The van der Waals surface area contributed by atoms with Crippen molar-refractivity contribution in [3.05, 3.63) is 217 Å². The fourth-order valence-corrected chi connectivity index (χ4v) is 8.65. The Morgan fingerprint density at radius 2 is 1.14 bits per heavy atom. The topological polar surface area (TPSA) is 50.9 Å². The minimum atomic E-state index is -2.54. The van der Waals surface area contributed by atoms with Gasteiger partial charge in [-0.1, -0.05) is 184 Å². The standard InChI is InChI=1S/C61H50N3O.Pt/c1-39(2)48-32-49(40(3)4)34-51(33-48)46-27-28-57(41(5)31-46)64-58-21-14-20-54(60(58)63-61(64)55-19-12-13-22-59(55)65)52-35-50(43-17-10-7-11-18-43)36-53(37-52)56-38-47(29-30-62-56)45-25-23-44(24-26-45)42-15-8-6-9-16-42;/h6-36,38-40,65H,1-5H3;/q-1;/i5D3,39D;. The van der Waals surface area contributed by atoms with Gasteiger partial charge in [-0.15, -0.1) is 23.8 Å². The van der Waals surface area contributed by atoms with Gasteiger partial charge in [0.25, 0.3) is 0 Å². The van der Waals surface area contributed by atoms with Crippen LogP contribution >= 0.6 is 0 Å². The van der Waals surface area contributed by atoms with Gasteiger partial charge in [0, 0.05) is 38.4 Å². The molecule has 2 heterocycles. The second-order valence-electron chi connectivity index (χ2n) is 17.1. The molecule has 0 spiro atoms. The predicted molar refractivity (Wildman–Crippen MR) is 270 cm³/mol. The molecule has 66 heavy (non-hydrogen) atoms. The number of imidazole rings is 1. The Labute approximate surface area is 408 Å². The van der Waals surface area contributed by atoms with Crippen LogP contribution in [-0.2, 0) is 21.1 Å². The summed E-state index contributed by atoms with van der Waals surface area (Å²) in [7, 11) is 0. The number of phenols is 1. The van der Waals surface area contributed by atoms with E-state index in [1.165, 1.54) is 0 Å². The Balaban J connectivity index is 0.00000608. The van der Waals surface area contributed by atoms with E-state index in [0.29, 0.717) is 28.1 Å². The van der Waals surface area contributed by atoms with Crippen LogP contribution in [0.3, 0.4) is 0 Å². The average molecular weight is 1040 g/mol. The first-order valence-electron chi connectivity index (χ1n) is 24.1. The quantitative estimate of drug-likeness (QED) is 0.139. The molecule has 0 saturated heterocycles. The van der Waals surface area contributed by atoms with E-state index in [2.05, 4.69) is 98.8 Å². The van der Waals surface area contributed by atoms with Crippen molar-refractivity contribution >= 4 is 11.0 Å². The van der Waals surface area contributed by atoms with Gasteiger partial charge in [0.15, 0.2) is 0 Å². The summed E-state index contributed by atoms with van der Waals surface area (Å²) in [6, 6.07) is 65.8. The molecule has 8 aromatic carbocycles. The van der Waals surface area contributed by atoms with Crippen molar-refractivity contribution in [1.82, 2.24) is 14.5 Å². The van der Waals surface area contributed by atoms with Gasteiger partial charge >= 0.3 is 0 Å². The van der Waals surface area contributed by atoms with Crippen LogP contribution in [0, 0.1) is 12.9 Å². The predicted octanol–water partition coefficient (Wildman–Crippen LogP) is 16.1. The number of phenolic OH excluding ortho intramolecular Hbond substituents is 1. The molecule has 0 aliphatic carbocycles. The van der Waals surface area contributed by atoms with E-state index in [-0.39, 0.29) is 38.3 Å². The zero-order valence-corrected chi connectivity index (χ0v) is 39.4. The molecule has 0 bridgehead atoms. The first-order valence-corrected chi connectivity index (χ1v) is 22.1. The second kappa shape index (κ2) is 18.8. The third kappa shape index (κ3) is 8.70. The molecule has 0 fully saturated rings. The number of pyridine rings is 1. The molecule has 0 saturated carbocycles. The number of rotatable bonds is 10. The first kappa shape index (κ1) is 39.3. The maximum atomic E-state index is 11.4. The number of hydrogen-bond acceptors (Lipinski definition) is 3. The van der Waals surface area contributed by atoms with Gasteiger partial charge in [0.2, 0.25) is 0 Å². The number of aromatic hydroxyl groups is 1. The van der Waals surface area contributed by atoms with Gasteiger partial charge in [0.05, 0.1) is 22.3 Å². The third-order valence-electron chi connectivity index (χ3n) is 12.2. The fraction of sp³-hybridized carbons (Fsp3) is 0.115. The Kier molecular flexibility index (Phi) is 11.2. The Hall–Kier alpha value is -7.13. The summed E-state index contributed by atoms with van der Waals surface area (Å²) >= 11 is 0. The van der Waals surface area contributed by atoms with Gasteiger partial charge in [-0.2, -0.15) is 0 Å². The summed E-state index contributed by atoms with van der Waals surface area (Å²) < 4.78 is 37.6. The van der Waals surface area contributed by atoms with Gasteiger partial charge in [0.1, 0.15) is 11.6 Å². The van der Waals surface area contributed by atoms with Crippen LogP contribution in [-0.4, -0.2) is 19.6 Å². The largest absolute Gasteiger partial charge is 0.507 e. The van der Waals surface area contributed by atoms with Crippen molar-refractivity contribution in [2.75, 3.05) is 0 Å². The van der Waals surface area contributed by atoms with Crippen LogP contribution in [0.15, 0.2) is 194 Å². The molecule has 0 amide bonds. The van der Waals surface area contributed by atoms with Crippen molar-refractivity contribution in [3.8, 4) is 89.7 Å². The Bertz CT molecular complexity index is 3510. The minimum Gasteiger partial charge on any atom is -0.507 e.